The molecule has 246 valence electrons. The summed E-state index contributed by atoms with van der Waals surface area (Å²) in [4.78, 5) is 23.3. The smallest absolute Gasteiger partial charge is 0.417 e. The third-order valence-corrected chi connectivity index (χ3v) is 9.76. The number of alkyl halides is 6. The number of halogens is 6. The van der Waals surface area contributed by atoms with Crippen molar-refractivity contribution in [2.24, 2.45) is 11.3 Å². The lowest BCUT2D eigenvalue weighted by Crippen LogP contribution is -2.54. The van der Waals surface area contributed by atoms with Crippen LogP contribution in [-0.4, -0.2) is 48.2 Å². The van der Waals surface area contributed by atoms with Crippen molar-refractivity contribution in [3.05, 3.63) is 46.8 Å². The normalized spacial score (nSPS) is 15.8. The fourth-order valence-electron chi connectivity index (χ4n) is 5.06. The maximum atomic E-state index is 14.3. The van der Waals surface area contributed by atoms with Crippen LogP contribution >= 0.6 is 0 Å². The van der Waals surface area contributed by atoms with Gasteiger partial charge in [-0.3, -0.25) is 9.59 Å². The first-order chi connectivity index (χ1) is 20.0. The van der Waals surface area contributed by atoms with Gasteiger partial charge in [-0.25, -0.2) is 8.42 Å². The van der Waals surface area contributed by atoms with Gasteiger partial charge in [-0.1, -0.05) is 32.1 Å². The zero-order valence-corrected chi connectivity index (χ0v) is 25.9. The van der Waals surface area contributed by atoms with Crippen LogP contribution in [-0.2, 0) is 27.4 Å². The predicted molar refractivity (Wildman–Crippen MR) is 150 cm³/mol. The van der Waals surface area contributed by atoms with Gasteiger partial charge < -0.3 is 15.0 Å². The molecule has 0 spiro atoms. The Bertz CT molecular complexity index is 1500. The van der Waals surface area contributed by atoms with E-state index >= 15 is 0 Å². The van der Waals surface area contributed by atoms with Gasteiger partial charge in [0.2, 0.25) is 10.0 Å². The number of hydrogen-bond donors (Lipinski definition) is 3. The number of aliphatic carboxylic acids is 1. The van der Waals surface area contributed by atoms with Crippen LogP contribution in [0.5, 0.6) is 0 Å². The number of carbonyl (C=O) groups excluding carboxylic acids is 1. The number of benzene rings is 1. The maximum absolute atomic E-state index is 14.3. The monoisotopic (exact) mass is 653 g/mol. The summed E-state index contributed by atoms with van der Waals surface area (Å²) in [5.41, 5.74) is -5.12. The summed E-state index contributed by atoms with van der Waals surface area (Å²) in [6.07, 6.45) is -3.93. The average Bonchev–Trinajstić information content (AvgIpc) is 3.21. The van der Waals surface area contributed by atoms with Gasteiger partial charge in [0.15, 0.2) is 0 Å². The number of hydrogen-bond acceptors (Lipinski definition) is 4. The Morgan fingerprint density at radius 2 is 1.59 bits per heavy atom. The minimum atomic E-state index is -5.30. The van der Waals surface area contributed by atoms with Crippen LogP contribution in [0.1, 0.15) is 87.0 Å². The molecule has 1 aliphatic rings. The summed E-state index contributed by atoms with van der Waals surface area (Å²) in [5, 5.41) is 11.9. The molecule has 8 nitrogen and oxygen atoms in total. The van der Waals surface area contributed by atoms with Crippen LogP contribution in [0.3, 0.4) is 0 Å². The number of aromatic nitrogens is 1. The molecule has 2 aromatic rings. The number of carboxylic acid groups (broad SMARTS) is 1. The molecule has 44 heavy (non-hydrogen) atoms. The maximum Gasteiger partial charge on any atom is 0.417 e. The molecule has 15 heteroatoms. The number of nitrogens with one attached hydrogen (secondary N) is 2. The van der Waals surface area contributed by atoms with E-state index in [0.717, 1.165) is 38.2 Å². The molecule has 3 rings (SSSR count). The Balaban J connectivity index is 2.14. The van der Waals surface area contributed by atoms with Gasteiger partial charge in [-0.2, -0.15) is 31.1 Å². The Morgan fingerprint density at radius 1 is 1.00 bits per heavy atom. The summed E-state index contributed by atoms with van der Waals surface area (Å²) in [6.45, 7) is 5.23. The highest BCUT2D eigenvalue weighted by Crippen LogP contribution is 2.39. The van der Waals surface area contributed by atoms with E-state index in [1.807, 2.05) is 0 Å². The number of carbonyl (C=O) groups is 2. The Morgan fingerprint density at radius 3 is 2.11 bits per heavy atom. The summed E-state index contributed by atoms with van der Waals surface area (Å²) in [6, 6.07) is 2.18. The van der Waals surface area contributed by atoms with Gasteiger partial charge in [-0.15, -0.1) is 0 Å². The highest BCUT2D eigenvalue weighted by Gasteiger charge is 2.51. The van der Waals surface area contributed by atoms with Gasteiger partial charge in [-0.05, 0) is 70.7 Å². The minimum Gasteiger partial charge on any atom is -0.481 e. The first-order valence-corrected chi connectivity index (χ1v) is 15.5. The van der Waals surface area contributed by atoms with Crippen LogP contribution in [0.2, 0.25) is 0 Å². The second-order valence-corrected chi connectivity index (χ2v) is 14.1. The fourth-order valence-corrected chi connectivity index (χ4v) is 6.67. The zero-order valence-electron chi connectivity index (χ0n) is 25.0. The third kappa shape index (κ3) is 7.76. The molecule has 1 aliphatic carbocycles. The quantitative estimate of drug-likeness (QED) is 0.257. The van der Waals surface area contributed by atoms with Crippen molar-refractivity contribution >= 4 is 21.9 Å². The summed E-state index contributed by atoms with van der Waals surface area (Å²) in [5.74, 6) is -1.62. The van der Waals surface area contributed by atoms with Crippen LogP contribution in [0, 0.1) is 18.3 Å². The first kappa shape index (κ1) is 35.4. The Labute approximate surface area is 252 Å². The van der Waals surface area contributed by atoms with Crippen molar-refractivity contribution in [3.8, 4) is 5.69 Å². The third-order valence-electron chi connectivity index (χ3n) is 8.04. The molecule has 1 aromatic carbocycles. The molecule has 0 saturated heterocycles. The van der Waals surface area contributed by atoms with Crippen molar-refractivity contribution in [2.75, 3.05) is 6.54 Å². The molecule has 1 fully saturated rings. The molecule has 1 aromatic heterocycles. The predicted octanol–water partition coefficient (Wildman–Crippen LogP) is 6.39. The molecule has 1 heterocycles. The molecule has 0 unspecified atom stereocenters. The SMILES string of the molecule is Cc1c(C(=O)NCC(C)(C)C(=O)O)cn(-c2ccc(S(=O)(=O)NC(C)(C)C(F)(F)F)c(C(F)(F)F)c2)c1CC1CCCCC1. The summed E-state index contributed by atoms with van der Waals surface area (Å²) in [7, 11) is -5.30. The second-order valence-electron chi connectivity index (χ2n) is 12.5. The van der Waals surface area contributed by atoms with Gasteiger partial charge in [0.25, 0.3) is 5.91 Å². The van der Waals surface area contributed by atoms with Crippen molar-refractivity contribution in [3.63, 3.8) is 0 Å². The van der Waals surface area contributed by atoms with E-state index < -0.39 is 55.7 Å². The molecule has 0 aliphatic heterocycles. The van der Waals surface area contributed by atoms with Crippen LogP contribution < -0.4 is 10.0 Å². The van der Waals surface area contributed by atoms with Crippen molar-refractivity contribution in [1.29, 1.82) is 0 Å². The van der Waals surface area contributed by atoms with E-state index in [1.165, 1.54) is 29.3 Å². The fraction of sp³-hybridized carbons (Fsp3) is 0.586. The van der Waals surface area contributed by atoms with Crippen molar-refractivity contribution in [1.82, 2.24) is 14.6 Å². The first-order valence-electron chi connectivity index (χ1n) is 14.0. The van der Waals surface area contributed by atoms with E-state index in [0.29, 0.717) is 43.7 Å². The lowest BCUT2D eigenvalue weighted by molar-refractivity contribution is -0.180. The zero-order chi connectivity index (χ0) is 33.5. The van der Waals surface area contributed by atoms with Crippen LogP contribution in [0.4, 0.5) is 26.3 Å². The molecular formula is C29H37F6N3O5S. The van der Waals surface area contributed by atoms with E-state index in [1.54, 1.807) is 6.92 Å². The van der Waals surface area contributed by atoms with Gasteiger partial charge in [0.05, 0.1) is 21.4 Å². The molecule has 3 N–H and O–H groups in total. The average molecular weight is 654 g/mol. The Hall–Kier alpha value is -3.07. The lowest BCUT2D eigenvalue weighted by atomic mass is 9.85. The topological polar surface area (TPSA) is 118 Å². The van der Waals surface area contributed by atoms with Crippen LogP contribution in [0.25, 0.3) is 5.69 Å². The lowest BCUT2D eigenvalue weighted by Gasteiger charge is -2.29. The van der Waals surface area contributed by atoms with E-state index in [2.05, 4.69) is 5.32 Å². The highest BCUT2D eigenvalue weighted by atomic mass is 32.2. The van der Waals surface area contributed by atoms with Crippen molar-refractivity contribution < 1.29 is 49.5 Å². The van der Waals surface area contributed by atoms with E-state index in [-0.39, 0.29) is 23.7 Å². The molecular weight excluding hydrogens is 616 g/mol. The van der Waals surface area contributed by atoms with Gasteiger partial charge in [0.1, 0.15) is 5.54 Å². The standard InChI is InChI=1S/C29H37F6N3O5S/c1-17-20(24(39)36-16-26(2,3)25(40)41)15-38(22(17)13-18-9-7-6-8-10-18)19-11-12-23(21(14-19)28(30,31)32)44(42,43)37-27(4,5)29(33,34)35/h11-12,14-15,18,37H,6-10,13,16H2,1-5H3,(H,36,39)(H,40,41). The molecule has 0 atom stereocenters. The number of carboxylic acids is 1. The molecule has 0 radical (unpaired) electrons. The van der Waals surface area contributed by atoms with Crippen LogP contribution in [0.15, 0.2) is 29.3 Å². The second kappa shape index (κ2) is 12.4. The minimum absolute atomic E-state index is 0.0934. The Kier molecular flexibility index (Phi) is 9.96. The van der Waals surface area contributed by atoms with Gasteiger partial charge >= 0.3 is 18.3 Å². The highest BCUT2D eigenvalue weighted by molar-refractivity contribution is 7.89. The summed E-state index contributed by atoms with van der Waals surface area (Å²) < 4.78 is 111. The van der Waals surface area contributed by atoms with E-state index in [9.17, 15) is 49.5 Å². The number of nitrogens with zero attached hydrogens (tertiary/aromatic N) is 1. The summed E-state index contributed by atoms with van der Waals surface area (Å²) >= 11 is 0. The van der Waals surface area contributed by atoms with Crippen molar-refractivity contribution in [2.45, 2.75) is 95.9 Å². The molecule has 1 saturated carbocycles. The van der Waals surface area contributed by atoms with E-state index in [4.69, 9.17) is 0 Å². The molecule has 1 amide bonds. The molecule has 0 bridgehead atoms. The van der Waals surface area contributed by atoms with Gasteiger partial charge in [0, 0.05) is 24.1 Å². The number of rotatable bonds is 10. The number of amides is 1. The largest absolute Gasteiger partial charge is 0.481 e. The number of sulfonamides is 1.